The van der Waals surface area contributed by atoms with E-state index in [4.69, 9.17) is 4.74 Å². The van der Waals surface area contributed by atoms with E-state index in [1.165, 1.54) is 50.5 Å². The Morgan fingerprint density at radius 2 is 1.32 bits per heavy atom. The molecule has 2 fully saturated rings. The molecule has 0 aliphatic heterocycles. The van der Waals surface area contributed by atoms with Crippen molar-refractivity contribution in [2.45, 2.75) is 96.8 Å². The quantitative estimate of drug-likeness (QED) is 0.227. The van der Waals surface area contributed by atoms with Gasteiger partial charge in [0, 0.05) is 0 Å². The van der Waals surface area contributed by atoms with Crippen LogP contribution in [-0.2, 0) is 4.79 Å². The number of esters is 1. The average molecular weight is 423 g/mol. The lowest BCUT2D eigenvalue weighted by molar-refractivity contribution is -0.140. The van der Waals surface area contributed by atoms with E-state index >= 15 is 0 Å². The predicted molar refractivity (Wildman–Crippen MR) is 130 cm³/mol. The Hall–Kier alpha value is -1.83. The van der Waals surface area contributed by atoms with Crippen LogP contribution in [0.2, 0.25) is 0 Å². The van der Waals surface area contributed by atoms with Gasteiger partial charge in [0.25, 0.3) is 0 Å². The third-order valence-electron chi connectivity index (χ3n) is 7.17. The monoisotopic (exact) mass is 422 g/mol. The number of unbranched alkanes of at least 4 members (excludes halogenated alkanes) is 2. The lowest BCUT2D eigenvalue weighted by atomic mass is 9.78. The van der Waals surface area contributed by atoms with Gasteiger partial charge in [0.2, 0.25) is 0 Å². The molecular weight excluding hydrogens is 380 g/mol. The number of rotatable bonds is 9. The van der Waals surface area contributed by atoms with Crippen molar-refractivity contribution in [3.8, 4) is 5.75 Å². The number of carbonyl (C=O) groups is 1. The third-order valence-corrected chi connectivity index (χ3v) is 7.17. The summed E-state index contributed by atoms with van der Waals surface area (Å²) in [6, 6.07) is 8.35. The maximum Gasteiger partial charge on any atom is 0.314 e. The number of ether oxygens (including phenoxy) is 1. The molecule has 0 unspecified atom stereocenters. The fourth-order valence-corrected chi connectivity index (χ4v) is 5.11. The maximum atomic E-state index is 12.6. The van der Waals surface area contributed by atoms with Gasteiger partial charge in [0.05, 0.1) is 5.92 Å². The molecule has 2 saturated carbocycles. The summed E-state index contributed by atoms with van der Waals surface area (Å²) in [5, 5.41) is 0. The summed E-state index contributed by atoms with van der Waals surface area (Å²) in [5.41, 5.74) is 1.40. The zero-order chi connectivity index (χ0) is 21.9. The van der Waals surface area contributed by atoms with E-state index in [-0.39, 0.29) is 11.9 Å². The lowest BCUT2D eigenvalue weighted by Gasteiger charge is -2.27. The van der Waals surface area contributed by atoms with Crippen molar-refractivity contribution in [3.05, 3.63) is 54.1 Å². The van der Waals surface area contributed by atoms with Crippen LogP contribution in [0.25, 0.3) is 0 Å². The first-order valence-corrected chi connectivity index (χ1v) is 12.8. The Bertz CT molecular complexity index is 699. The molecule has 2 nitrogen and oxygen atoms in total. The van der Waals surface area contributed by atoms with E-state index in [0.717, 1.165) is 38.0 Å². The zero-order valence-electron chi connectivity index (χ0n) is 19.7. The highest BCUT2D eigenvalue weighted by Crippen LogP contribution is 2.37. The molecule has 170 valence electrons. The molecule has 0 heterocycles. The highest BCUT2D eigenvalue weighted by atomic mass is 16.5. The summed E-state index contributed by atoms with van der Waals surface area (Å²) < 4.78 is 5.74. The minimum Gasteiger partial charge on any atom is -0.426 e. The van der Waals surface area contributed by atoms with Gasteiger partial charge in [-0.3, -0.25) is 4.79 Å². The van der Waals surface area contributed by atoms with Gasteiger partial charge in [-0.1, -0.05) is 63.1 Å². The molecule has 1 aromatic carbocycles. The number of benzene rings is 1. The second-order valence-electron chi connectivity index (χ2n) is 9.65. The maximum absolute atomic E-state index is 12.6. The normalized spacial score (nSPS) is 27.0. The van der Waals surface area contributed by atoms with Crippen molar-refractivity contribution in [2.75, 3.05) is 0 Å². The second-order valence-corrected chi connectivity index (χ2v) is 9.65. The lowest BCUT2D eigenvalue weighted by Crippen LogP contribution is -2.25. The number of hydrogen-bond donors (Lipinski definition) is 0. The Morgan fingerprint density at radius 3 is 1.84 bits per heavy atom. The minimum absolute atomic E-state index is 0.0388. The van der Waals surface area contributed by atoms with Crippen molar-refractivity contribution >= 4 is 5.97 Å². The summed E-state index contributed by atoms with van der Waals surface area (Å²) in [5.74, 6) is 2.79. The fourth-order valence-electron chi connectivity index (χ4n) is 5.11. The van der Waals surface area contributed by atoms with Gasteiger partial charge in [0.1, 0.15) is 5.75 Å². The van der Waals surface area contributed by atoms with E-state index < -0.39 is 0 Å². The molecule has 2 aliphatic rings. The van der Waals surface area contributed by atoms with Crippen molar-refractivity contribution < 1.29 is 9.53 Å². The predicted octanol–water partition coefficient (Wildman–Crippen LogP) is 8.38. The second kappa shape index (κ2) is 12.9. The molecule has 0 bridgehead atoms. The Labute approximate surface area is 190 Å². The van der Waals surface area contributed by atoms with E-state index in [1.54, 1.807) is 0 Å². The van der Waals surface area contributed by atoms with Crippen LogP contribution in [0, 0.1) is 17.8 Å². The van der Waals surface area contributed by atoms with Gasteiger partial charge in [0.15, 0.2) is 0 Å². The van der Waals surface area contributed by atoms with Gasteiger partial charge in [-0.25, -0.2) is 0 Å². The van der Waals surface area contributed by atoms with Crippen LogP contribution in [0.15, 0.2) is 48.6 Å². The van der Waals surface area contributed by atoms with Crippen LogP contribution < -0.4 is 4.74 Å². The van der Waals surface area contributed by atoms with Crippen LogP contribution in [0.5, 0.6) is 5.75 Å². The Balaban J connectivity index is 1.42. The minimum atomic E-state index is -0.0388. The van der Waals surface area contributed by atoms with Crippen molar-refractivity contribution in [1.29, 1.82) is 0 Å². The summed E-state index contributed by atoms with van der Waals surface area (Å²) in [6.45, 7) is 4.45. The highest BCUT2D eigenvalue weighted by Gasteiger charge is 2.27. The van der Waals surface area contributed by atoms with Crippen LogP contribution in [0.3, 0.4) is 0 Å². The molecular formula is C29H42O2. The molecule has 0 amide bonds. The smallest absolute Gasteiger partial charge is 0.314 e. The first-order chi connectivity index (χ1) is 15.2. The molecule has 0 spiro atoms. The van der Waals surface area contributed by atoms with Crippen LogP contribution in [0.4, 0.5) is 0 Å². The van der Waals surface area contributed by atoms with Crippen LogP contribution in [-0.4, -0.2) is 5.97 Å². The van der Waals surface area contributed by atoms with Gasteiger partial charge in [-0.05, 0) is 99.7 Å². The topological polar surface area (TPSA) is 26.3 Å². The summed E-state index contributed by atoms with van der Waals surface area (Å²) in [7, 11) is 0. The van der Waals surface area contributed by atoms with E-state index in [0.29, 0.717) is 17.6 Å². The number of hydrogen-bond acceptors (Lipinski definition) is 2. The van der Waals surface area contributed by atoms with Crippen LogP contribution >= 0.6 is 0 Å². The molecule has 0 aromatic heterocycles. The molecule has 1 aromatic rings. The Kier molecular flexibility index (Phi) is 9.90. The zero-order valence-corrected chi connectivity index (χ0v) is 19.7. The van der Waals surface area contributed by atoms with Gasteiger partial charge >= 0.3 is 5.97 Å². The molecule has 2 aliphatic carbocycles. The van der Waals surface area contributed by atoms with E-state index in [2.05, 4.69) is 50.3 Å². The molecule has 0 saturated heterocycles. The Morgan fingerprint density at radius 1 is 0.806 bits per heavy atom. The summed E-state index contributed by atoms with van der Waals surface area (Å²) in [4.78, 5) is 12.6. The average Bonchev–Trinajstić information content (AvgIpc) is 2.81. The summed E-state index contributed by atoms with van der Waals surface area (Å²) >= 11 is 0. The largest absolute Gasteiger partial charge is 0.426 e. The number of carbonyl (C=O) groups excluding carboxylic acids is 1. The molecule has 2 heteroatoms. The van der Waals surface area contributed by atoms with E-state index in [1.807, 2.05) is 12.1 Å². The standard InChI is InChI=1S/C29H42O2/c1-3-5-7-9-23-11-15-25(16-12-23)26-19-21-28(22-20-26)31-29(30)27-17-13-24(14-18-27)10-8-6-4-2/h7-10,19-25,27H,3-6,11-18H2,1-2H3/b9-7+,10-8+. The highest BCUT2D eigenvalue weighted by molar-refractivity contribution is 5.75. The van der Waals surface area contributed by atoms with E-state index in [9.17, 15) is 4.79 Å². The molecule has 0 N–H and O–H groups in total. The fraction of sp³-hybridized carbons (Fsp3) is 0.621. The van der Waals surface area contributed by atoms with Crippen LogP contribution in [0.1, 0.15) is 102 Å². The van der Waals surface area contributed by atoms with Crippen molar-refractivity contribution in [3.63, 3.8) is 0 Å². The summed E-state index contributed by atoms with van der Waals surface area (Å²) in [6.07, 6.45) is 23.5. The first-order valence-electron chi connectivity index (χ1n) is 12.8. The SMILES string of the molecule is CCC/C=C/C1CCC(C(=O)Oc2ccc(C3CCC(/C=C/CCC)CC3)cc2)CC1. The molecule has 31 heavy (non-hydrogen) atoms. The molecule has 3 rings (SSSR count). The third kappa shape index (κ3) is 7.66. The van der Waals surface area contributed by atoms with Gasteiger partial charge in [-0.2, -0.15) is 0 Å². The van der Waals surface area contributed by atoms with Crippen molar-refractivity contribution in [2.24, 2.45) is 17.8 Å². The van der Waals surface area contributed by atoms with Crippen molar-refractivity contribution in [1.82, 2.24) is 0 Å². The molecule has 0 atom stereocenters. The first kappa shape index (κ1) is 23.8. The van der Waals surface area contributed by atoms with Gasteiger partial charge in [-0.15, -0.1) is 0 Å². The molecule has 0 radical (unpaired) electrons. The van der Waals surface area contributed by atoms with Gasteiger partial charge < -0.3 is 4.74 Å². The number of allylic oxidation sites excluding steroid dienone is 4.